The van der Waals surface area contributed by atoms with E-state index in [1.165, 1.54) is 4.90 Å². The van der Waals surface area contributed by atoms with Crippen molar-refractivity contribution in [1.82, 2.24) is 9.80 Å². The van der Waals surface area contributed by atoms with Gasteiger partial charge in [-0.3, -0.25) is 0 Å². The van der Waals surface area contributed by atoms with Gasteiger partial charge in [-0.1, -0.05) is 0 Å². The summed E-state index contributed by atoms with van der Waals surface area (Å²) in [7, 11) is 1.75. The lowest BCUT2D eigenvalue weighted by Crippen LogP contribution is -2.61. The fourth-order valence-electron chi connectivity index (χ4n) is 3.21. The van der Waals surface area contributed by atoms with E-state index in [0.717, 1.165) is 19.3 Å². The van der Waals surface area contributed by atoms with Gasteiger partial charge >= 0.3 is 12.0 Å². The van der Waals surface area contributed by atoms with Crippen LogP contribution in [0.15, 0.2) is 0 Å². The molecule has 2 fully saturated rings. The summed E-state index contributed by atoms with van der Waals surface area (Å²) in [5, 5.41) is 9.48. The van der Waals surface area contributed by atoms with Crippen LogP contribution >= 0.6 is 0 Å². The average molecular weight is 284 g/mol. The van der Waals surface area contributed by atoms with E-state index in [2.05, 4.69) is 0 Å². The number of carboxylic acids is 1. The first-order valence-corrected chi connectivity index (χ1v) is 7.27. The molecule has 0 aromatic heterocycles. The van der Waals surface area contributed by atoms with Gasteiger partial charge in [-0.2, -0.15) is 0 Å². The van der Waals surface area contributed by atoms with Gasteiger partial charge in [0.15, 0.2) is 0 Å². The van der Waals surface area contributed by atoms with E-state index in [1.54, 1.807) is 18.9 Å². The van der Waals surface area contributed by atoms with Crippen molar-refractivity contribution in [3.8, 4) is 0 Å². The van der Waals surface area contributed by atoms with Gasteiger partial charge in [0.2, 0.25) is 0 Å². The van der Waals surface area contributed by atoms with Gasteiger partial charge in [0, 0.05) is 20.2 Å². The Kier molecular flexibility index (Phi) is 4.22. The maximum absolute atomic E-state index is 12.7. The standard InChI is InChI=1S/C14H24N2O4/c1-10-11(6-9-20-10)15(3)13(19)16-8-5-4-7-14(16,2)12(17)18/h10-11H,4-9H2,1-3H3,(H,17,18). The zero-order chi connectivity index (χ0) is 14.9. The molecule has 1 N–H and O–H groups in total. The summed E-state index contributed by atoms with van der Waals surface area (Å²) in [6, 6.07) is -0.167. The van der Waals surface area contributed by atoms with Crippen LogP contribution in [0.4, 0.5) is 4.79 Å². The molecule has 2 rings (SSSR count). The average Bonchev–Trinajstić information content (AvgIpc) is 2.83. The Balaban J connectivity index is 2.15. The summed E-state index contributed by atoms with van der Waals surface area (Å²) in [6.07, 6.45) is 3.03. The van der Waals surface area contributed by atoms with E-state index >= 15 is 0 Å². The summed E-state index contributed by atoms with van der Waals surface area (Å²) < 4.78 is 5.49. The predicted molar refractivity (Wildman–Crippen MR) is 73.6 cm³/mol. The van der Waals surface area contributed by atoms with Gasteiger partial charge in [-0.15, -0.1) is 0 Å². The summed E-state index contributed by atoms with van der Waals surface area (Å²) in [4.78, 5) is 27.4. The highest BCUT2D eigenvalue weighted by Crippen LogP contribution is 2.30. The molecule has 3 unspecified atom stereocenters. The van der Waals surface area contributed by atoms with Crippen LogP contribution in [0.3, 0.4) is 0 Å². The van der Waals surface area contributed by atoms with Gasteiger partial charge in [0.1, 0.15) is 5.54 Å². The molecule has 0 spiro atoms. The quantitative estimate of drug-likeness (QED) is 0.835. The highest BCUT2D eigenvalue weighted by molar-refractivity contribution is 5.86. The Hall–Kier alpha value is -1.30. The van der Waals surface area contributed by atoms with Crippen molar-refractivity contribution in [3.05, 3.63) is 0 Å². The third-order valence-corrected chi connectivity index (χ3v) is 4.72. The van der Waals surface area contributed by atoms with Crippen molar-refractivity contribution < 1.29 is 19.4 Å². The van der Waals surface area contributed by atoms with Crippen LogP contribution in [0.1, 0.15) is 39.5 Å². The Morgan fingerprint density at radius 1 is 1.40 bits per heavy atom. The van der Waals surface area contributed by atoms with Crippen molar-refractivity contribution in [2.45, 2.75) is 57.2 Å². The Labute approximate surface area is 119 Å². The van der Waals surface area contributed by atoms with Crippen LogP contribution in [0.2, 0.25) is 0 Å². The predicted octanol–water partition coefficient (Wildman–Crippen LogP) is 1.54. The molecule has 0 bridgehead atoms. The van der Waals surface area contributed by atoms with Gasteiger partial charge in [0.05, 0.1) is 12.1 Å². The first-order chi connectivity index (χ1) is 9.38. The maximum Gasteiger partial charge on any atom is 0.329 e. The van der Waals surface area contributed by atoms with Crippen molar-refractivity contribution in [2.24, 2.45) is 0 Å². The second-order valence-corrected chi connectivity index (χ2v) is 6.01. The van der Waals surface area contributed by atoms with E-state index in [-0.39, 0.29) is 18.2 Å². The maximum atomic E-state index is 12.7. The minimum Gasteiger partial charge on any atom is -0.480 e. The van der Waals surface area contributed by atoms with Gasteiger partial charge < -0.3 is 19.6 Å². The van der Waals surface area contributed by atoms with E-state index in [4.69, 9.17) is 4.74 Å². The highest BCUT2D eigenvalue weighted by Gasteiger charge is 2.46. The molecule has 2 aliphatic heterocycles. The smallest absolute Gasteiger partial charge is 0.329 e. The fourth-order valence-corrected chi connectivity index (χ4v) is 3.21. The SMILES string of the molecule is CC1OCCC1N(C)C(=O)N1CCCCC1(C)C(=O)O. The van der Waals surface area contributed by atoms with E-state index in [9.17, 15) is 14.7 Å². The molecule has 2 amide bonds. The largest absolute Gasteiger partial charge is 0.480 e. The number of piperidine rings is 1. The van der Waals surface area contributed by atoms with Crippen molar-refractivity contribution in [3.63, 3.8) is 0 Å². The van der Waals surface area contributed by atoms with Crippen LogP contribution in [0.5, 0.6) is 0 Å². The number of carboxylic acid groups (broad SMARTS) is 1. The molecule has 0 aromatic rings. The molecule has 2 saturated heterocycles. The molecule has 0 saturated carbocycles. The molecule has 6 heteroatoms. The van der Waals surface area contributed by atoms with Crippen LogP contribution < -0.4 is 0 Å². The molecule has 0 radical (unpaired) electrons. The van der Waals surface area contributed by atoms with Crippen LogP contribution in [0, 0.1) is 0 Å². The molecular formula is C14H24N2O4. The zero-order valence-corrected chi connectivity index (χ0v) is 12.5. The molecule has 0 aliphatic carbocycles. The highest BCUT2D eigenvalue weighted by atomic mass is 16.5. The number of amides is 2. The molecule has 2 heterocycles. The minimum absolute atomic E-state index is 0.00447. The number of aliphatic carboxylic acids is 1. The van der Waals surface area contributed by atoms with Gasteiger partial charge in [-0.05, 0) is 39.5 Å². The third-order valence-electron chi connectivity index (χ3n) is 4.72. The van der Waals surface area contributed by atoms with E-state index in [0.29, 0.717) is 19.6 Å². The number of ether oxygens (including phenoxy) is 1. The molecule has 0 aromatic carbocycles. The zero-order valence-electron chi connectivity index (χ0n) is 12.5. The number of rotatable bonds is 2. The van der Waals surface area contributed by atoms with Gasteiger partial charge in [-0.25, -0.2) is 9.59 Å². The number of nitrogens with zero attached hydrogens (tertiary/aromatic N) is 2. The minimum atomic E-state index is -1.09. The number of likely N-dealkylation sites (tertiary alicyclic amines) is 1. The number of urea groups is 1. The molecule has 6 nitrogen and oxygen atoms in total. The number of hydrogen-bond acceptors (Lipinski definition) is 3. The number of carbonyl (C=O) groups is 2. The second kappa shape index (κ2) is 5.60. The Bertz CT molecular complexity index is 401. The summed E-state index contributed by atoms with van der Waals surface area (Å²) in [5.74, 6) is -0.922. The van der Waals surface area contributed by atoms with E-state index in [1.807, 2.05) is 6.92 Å². The Morgan fingerprint density at radius 2 is 2.10 bits per heavy atom. The molecule has 114 valence electrons. The van der Waals surface area contributed by atoms with Crippen molar-refractivity contribution in [1.29, 1.82) is 0 Å². The van der Waals surface area contributed by atoms with Crippen molar-refractivity contribution in [2.75, 3.05) is 20.2 Å². The lowest BCUT2D eigenvalue weighted by Gasteiger charge is -2.44. The second-order valence-electron chi connectivity index (χ2n) is 6.01. The molecular weight excluding hydrogens is 260 g/mol. The molecule has 2 aliphatic rings. The lowest BCUT2D eigenvalue weighted by molar-refractivity contribution is -0.150. The molecule has 20 heavy (non-hydrogen) atoms. The Morgan fingerprint density at radius 3 is 2.65 bits per heavy atom. The molecule has 3 atom stereocenters. The summed E-state index contributed by atoms with van der Waals surface area (Å²) >= 11 is 0. The normalized spacial score (nSPS) is 34.0. The first-order valence-electron chi connectivity index (χ1n) is 7.27. The number of hydrogen-bond donors (Lipinski definition) is 1. The van der Waals surface area contributed by atoms with Crippen LogP contribution in [0.25, 0.3) is 0 Å². The van der Waals surface area contributed by atoms with Crippen LogP contribution in [-0.2, 0) is 9.53 Å². The third kappa shape index (κ3) is 2.49. The summed E-state index contributed by atoms with van der Waals surface area (Å²) in [6.45, 7) is 4.76. The van der Waals surface area contributed by atoms with Crippen LogP contribution in [-0.4, -0.2) is 64.8 Å². The van der Waals surface area contributed by atoms with Crippen molar-refractivity contribution >= 4 is 12.0 Å². The van der Waals surface area contributed by atoms with Gasteiger partial charge in [0.25, 0.3) is 0 Å². The first kappa shape index (κ1) is 15.1. The number of likely N-dealkylation sites (N-methyl/N-ethyl adjacent to an activating group) is 1. The topological polar surface area (TPSA) is 70.1 Å². The van der Waals surface area contributed by atoms with E-state index < -0.39 is 11.5 Å². The lowest BCUT2D eigenvalue weighted by atomic mass is 9.88. The number of carbonyl (C=O) groups excluding carboxylic acids is 1. The fraction of sp³-hybridized carbons (Fsp3) is 0.857. The monoisotopic (exact) mass is 284 g/mol. The summed E-state index contributed by atoms with van der Waals surface area (Å²) in [5.41, 5.74) is -1.09.